The number of fused-ring (bicyclic) bond motifs is 1. The third-order valence-electron chi connectivity index (χ3n) is 3.20. The molecule has 0 amide bonds. The van der Waals surface area contributed by atoms with Crippen LogP contribution in [0.5, 0.6) is 0 Å². The largest absolute Gasteiger partial charge is 0.381 e. The molecule has 1 aliphatic rings. The van der Waals surface area contributed by atoms with Gasteiger partial charge in [-0.25, -0.2) is 15.0 Å². The van der Waals surface area contributed by atoms with Crippen LogP contribution in [0, 0.1) is 6.92 Å². The van der Waals surface area contributed by atoms with Crippen LogP contribution in [0.3, 0.4) is 0 Å². The van der Waals surface area contributed by atoms with Gasteiger partial charge < -0.3 is 15.2 Å². The molecule has 0 aliphatic carbocycles. The standard InChI is InChI=1S/C12H16N6/c1-9-8-18-7-6-17(5-2-10(18)16-9)12-11(13)14-3-4-15-12/h3-4,8H,2,5-7H2,1H3,(H2,13,14). The molecule has 0 fully saturated rings. The van der Waals surface area contributed by atoms with E-state index in [9.17, 15) is 0 Å². The third kappa shape index (κ3) is 1.90. The fourth-order valence-corrected chi connectivity index (χ4v) is 2.36. The average Bonchev–Trinajstić information content (AvgIpc) is 2.61. The molecule has 18 heavy (non-hydrogen) atoms. The number of aromatic nitrogens is 4. The Hall–Kier alpha value is -2.11. The molecule has 0 saturated heterocycles. The summed E-state index contributed by atoms with van der Waals surface area (Å²) in [5, 5.41) is 0. The lowest BCUT2D eigenvalue weighted by molar-refractivity contribution is 0.684. The van der Waals surface area contributed by atoms with Gasteiger partial charge in [-0.2, -0.15) is 0 Å². The van der Waals surface area contributed by atoms with Crippen molar-refractivity contribution < 1.29 is 0 Å². The Morgan fingerprint density at radius 1 is 1.17 bits per heavy atom. The highest BCUT2D eigenvalue weighted by Crippen LogP contribution is 2.19. The van der Waals surface area contributed by atoms with Gasteiger partial charge in [0, 0.05) is 44.6 Å². The van der Waals surface area contributed by atoms with Crippen molar-refractivity contribution in [2.24, 2.45) is 0 Å². The summed E-state index contributed by atoms with van der Waals surface area (Å²) >= 11 is 0. The molecule has 0 radical (unpaired) electrons. The van der Waals surface area contributed by atoms with E-state index in [0.717, 1.165) is 43.4 Å². The smallest absolute Gasteiger partial charge is 0.171 e. The summed E-state index contributed by atoms with van der Waals surface area (Å²) in [5.74, 6) is 2.41. The summed E-state index contributed by atoms with van der Waals surface area (Å²) in [4.78, 5) is 15.1. The van der Waals surface area contributed by atoms with Gasteiger partial charge in [0.05, 0.1) is 5.69 Å². The number of imidazole rings is 1. The van der Waals surface area contributed by atoms with Crippen LogP contribution < -0.4 is 10.6 Å². The van der Waals surface area contributed by atoms with Crippen LogP contribution in [0.15, 0.2) is 18.6 Å². The number of nitrogens with two attached hydrogens (primary N) is 1. The van der Waals surface area contributed by atoms with E-state index in [2.05, 4.69) is 30.6 Å². The van der Waals surface area contributed by atoms with E-state index < -0.39 is 0 Å². The van der Waals surface area contributed by atoms with Gasteiger partial charge in [-0.3, -0.25) is 0 Å². The molecule has 2 aromatic rings. The lowest BCUT2D eigenvalue weighted by Crippen LogP contribution is -2.28. The number of anilines is 2. The minimum absolute atomic E-state index is 0.494. The molecule has 1 aliphatic heterocycles. The molecule has 6 heteroatoms. The Kier molecular flexibility index (Phi) is 2.62. The molecule has 2 aromatic heterocycles. The Labute approximate surface area is 105 Å². The van der Waals surface area contributed by atoms with Gasteiger partial charge >= 0.3 is 0 Å². The highest BCUT2D eigenvalue weighted by atomic mass is 15.2. The number of nitrogen functional groups attached to an aromatic ring is 1. The van der Waals surface area contributed by atoms with Crippen LogP contribution >= 0.6 is 0 Å². The topological polar surface area (TPSA) is 72.9 Å². The zero-order valence-electron chi connectivity index (χ0n) is 10.4. The van der Waals surface area contributed by atoms with E-state index in [1.165, 1.54) is 0 Å². The fraction of sp³-hybridized carbons (Fsp3) is 0.417. The predicted octanol–water partition coefficient (Wildman–Crippen LogP) is 0.626. The predicted molar refractivity (Wildman–Crippen MR) is 69.3 cm³/mol. The van der Waals surface area contributed by atoms with Crippen molar-refractivity contribution in [3.05, 3.63) is 30.1 Å². The molecule has 0 spiro atoms. The highest BCUT2D eigenvalue weighted by molar-refractivity contribution is 5.57. The van der Waals surface area contributed by atoms with E-state index in [4.69, 9.17) is 5.73 Å². The van der Waals surface area contributed by atoms with Gasteiger partial charge in [-0.05, 0) is 6.92 Å². The maximum absolute atomic E-state index is 5.87. The first-order valence-corrected chi connectivity index (χ1v) is 6.08. The van der Waals surface area contributed by atoms with Gasteiger partial charge in [-0.1, -0.05) is 0 Å². The maximum atomic E-state index is 5.87. The molecule has 0 saturated carbocycles. The molecule has 0 atom stereocenters. The summed E-state index contributed by atoms with van der Waals surface area (Å²) in [6, 6.07) is 0. The van der Waals surface area contributed by atoms with Crippen LogP contribution in [0.4, 0.5) is 11.6 Å². The van der Waals surface area contributed by atoms with Gasteiger partial charge in [-0.15, -0.1) is 0 Å². The zero-order valence-corrected chi connectivity index (χ0v) is 10.4. The molecular formula is C12H16N6. The van der Waals surface area contributed by atoms with Crippen LogP contribution in [0.25, 0.3) is 0 Å². The average molecular weight is 244 g/mol. The highest BCUT2D eigenvalue weighted by Gasteiger charge is 2.18. The van der Waals surface area contributed by atoms with E-state index in [1.807, 2.05) is 6.92 Å². The van der Waals surface area contributed by atoms with E-state index in [1.54, 1.807) is 12.4 Å². The van der Waals surface area contributed by atoms with Crippen molar-refractivity contribution in [1.82, 2.24) is 19.5 Å². The number of rotatable bonds is 1. The van der Waals surface area contributed by atoms with Crippen LogP contribution in [-0.4, -0.2) is 32.6 Å². The lowest BCUT2D eigenvalue weighted by Gasteiger charge is -2.21. The zero-order chi connectivity index (χ0) is 12.5. The first kappa shape index (κ1) is 11.0. The minimum Gasteiger partial charge on any atom is -0.381 e. The Morgan fingerprint density at radius 3 is 2.83 bits per heavy atom. The van der Waals surface area contributed by atoms with Gasteiger partial charge in [0.1, 0.15) is 5.82 Å². The summed E-state index contributed by atoms with van der Waals surface area (Å²) in [6.45, 7) is 4.69. The maximum Gasteiger partial charge on any atom is 0.171 e. The second kappa shape index (κ2) is 4.29. The van der Waals surface area contributed by atoms with Crippen molar-refractivity contribution >= 4 is 11.6 Å². The van der Waals surface area contributed by atoms with Gasteiger partial charge in [0.2, 0.25) is 0 Å². The first-order valence-electron chi connectivity index (χ1n) is 6.08. The van der Waals surface area contributed by atoms with Crippen molar-refractivity contribution in [2.75, 3.05) is 23.7 Å². The van der Waals surface area contributed by atoms with Gasteiger partial charge in [0.15, 0.2) is 11.6 Å². The van der Waals surface area contributed by atoms with Gasteiger partial charge in [0.25, 0.3) is 0 Å². The fourth-order valence-electron chi connectivity index (χ4n) is 2.36. The molecule has 0 bridgehead atoms. The number of hydrogen-bond donors (Lipinski definition) is 1. The molecule has 0 aromatic carbocycles. The molecular weight excluding hydrogens is 228 g/mol. The molecule has 6 nitrogen and oxygen atoms in total. The van der Waals surface area contributed by atoms with Crippen LogP contribution in [0.2, 0.25) is 0 Å². The number of aryl methyl sites for hydroxylation is 1. The van der Waals surface area contributed by atoms with E-state index in [0.29, 0.717) is 5.82 Å². The quantitative estimate of drug-likeness (QED) is 0.796. The molecule has 94 valence electrons. The van der Waals surface area contributed by atoms with Crippen molar-refractivity contribution in [1.29, 1.82) is 0 Å². The molecule has 0 unspecified atom stereocenters. The molecule has 3 heterocycles. The summed E-state index contributed by atoms with van der Waals surface area (Å²) in [7, 11) is 0. The van der Waals surface area contributed by atoms with Crippen LogP contribution in [-0.2, 0) is 13.0 Å². The minimum atomic E-state index is 0.494. The normalized spacial score (nSPS) is 15.3. The Balaban J connectivity index is 1.83. The second-order valence-electron chi connectivity index (χ2n) is 4.49. The SMILES string of the molecule is Cc1cn2c(n1)CCN(c1nccnc1N)CC2. The number of hydrogen-bond acceptors (Lipinski definition) is 5. The van der Waals surface area contributed by atoms with E-state index >= 15 is 0 Å². The molecule has 3 rings (SSSR count). The van der Waals surface area contributed by atoms with Crippen molar-refractivity contribution in [3.63, 3.8) is 0 Å². The summed E-state index contributed by atoms with van der Waals surface area (Å²) in [5.41, 5.74) is 6.95. The van der Waals surface area contributed by atoms with E-state index in [-0.39, 0.29) is 0 Å². The lowest BCUT2D eigenvalue weighted by atomic mass is 10.3. The third-order valence-corrected chi connectivity index (χ3v) is 3.20. The summed E-state index contributed by atoms with van der Waals surface area (Å²) < 4.78 is 2.21. The monoisotopic (exact) mass is 244 g/mol. The Morgan fingerprint density at radius 2 is 2.00 bits per heavy atom. The van der Waals surface area contributed by atoms with Crippen LogP contribution in [0.1, 0.15) is 11.5 Å². The molecule has 2 N–H and O–H groups in total. The first-order chi connectivity index (χ1) is 8.74. The Bertz CT molecular complexity index is 536. The number of nitrogens with zero attached hydrogens (tertiary/aromatic N) is 5. The van der Waals surface area contributed by atoms with Crippen molar-refractivity contribution in [3.8, 4) is 0 Å². The van der Waals surface area contributed by atoms with Crippen molar-refractivity contribution in [2.45, 2.75) is 19.9 Å². The summed E-state index contributed by atoms with van der Waals surface area (Å²) in [6.07, 6.45) is 6.30. The second-order valence-corrected chi connectivity index (χ2v) is 4.49.